The minimum atomic E-state index is 0.0801. The van der Waals surface area contributed by atoms with Crippen LogP contribution in [0.15, 0.2) is 22.7 Å². The van der Waals surface area contributed by atoms with E-state index in [2.05, 4.69) is 22.0 Å². The third-order valence-electron chi connectivity index (χ3n) is 1.96. The molecule has 0 aliphatic rings. The van der Waals surface area contributed by atoms with Gasteiger partial charge in [-0.15, -0.1) is 0 Å². The Labute approximate surface area is 91.7 Å². The first kappa shape index (κ1) is 10.9. The van der Waals surface area contributed by atoms with Crippen molar-refractivity contribution in [2.45, 2.75) is 19.8 Å². The fraction of sp³-hybridized carbons (Fsp3) is 0.273. The Morgan fingerprint density at radius 1 is 1.57 bits per heavy atom. The molecule has 0 saturated heterocycles. The second-order valence-corrected chi connectivity index (χ2v) is 3.83. The summed E-state index contributed by atoms with van der Waals surface area (Å²) < 4.78 is 0.871. The molecule has 0 spiro atoms. The van der Waals surface area contributed by atoms with Crippen molar-refractivity contribution in [3.63, 3.8) is 0 Å². The van der Waals surface area contributed by atoms with Crippen LogP contribution in [0.2, 0.25) is 0 Å². The lowest BCUT2D eigenvalue weighted by Crippen LogP contribution is -2.01. The number of ketones is 1. The molecule has 0 aliphatic carbocycles. The molecule has 0 N–H and O–H groups in total. The zero-order chi connectivity index (χ0) is 10.6. The van der Waals surface area contributed by atoms with Crippen molar-refractivity contribution < 1.29 is 4.79 Å². The normalized spacial score (nSPS) is 9.50. The molecule has 1 aromatic carbocycles. The summed E-state index contributed by atoms with van der Waals surface area (Å²) in [6.07, 6.45) is 0.753. The van der Waals surface area contributed by atoms with Gasteiger partial charge in [0.2, 0.25) is 0 Å². The van der Waals surface area contributed by atoms with Crippen molar-refractivity contribution in [3.05, 3.63) is 33.8 Å². The number of Topliss-reactive ketones (excluding diaryl/α,β-unsaturated/α-hetero) is 1. The SMILES string of the molecule is CCC(=O)c1cc(Br)ccc1CC#N. The molecule has 0 bridgehead atoms. The molecule has 0 radical (unpaired) electrons. The fourth-order valence-electron chi connectivity index (χ4n) is 1.24. The topological polar surface area (TPSA) is 40.9 Å². The van der Waals surface area contributed by atoms with Crippen LogP contribution in [0.4, 0.5) is 0 Å². The predicted octanol–water partition coefficient (Wildman–Crippen LogP) is 3.11. The molecule has 0 atom stereocenters. The molecule has 1 aromatic rings. The van der Waals surface area contributed by atoms with Gasteiger partial charge in [-0.1, -0.05) is 28.9 Å². The molecule has 0 unspecified atom stereocenters. The molecule has 0 heterocycles. The first-order chi connectivity index (χ1) is 6.69. The van der Waals surface area contributed by atoms with E-state index in [4.69, 9.17) is 5.26 Å². The Bertz CT molecular complexity index is 393. The van der Waals surface area contributed by atoms with E-state index in [1.807, 2.05) is 19.1 Å². The maximum atomic E-state index is 11.5. The second-order valence-electron chi connectivity index (χ2n) is 2.91. The van der Waals surface area contributed by atoms with E-state index < -0.39 is 0 Å². The number of nitriles is 1. The van der Waals surface area contributed by atoms with Crippen LogP contribution in [0, 0.1) is 11.3 Å². The van der Waals surface area contributed by atoms with Crippen molar-refractivity contribution in [2.75, 3.05) is 0 Å². The lowest BCUT2D eigenvalue weighted by molar-refractivity contribution is 0.0987. The van der Waals surface area contributed by atoms with Crippen molar-refractivity contribution in [2.24, 2.45) is 0 Å². The Kier molecular flexibility index (Phi) is 3.84. The molecule has 2 nitrogen and oxygen atoms in total. The maximum Gasteiger partial charge on any atom is 0.162 e. The van der Waals surface area contributed by atoms with Gasteiger partial charge in [-0.25, -0.2) is 0 Å². The molecule has 0 aromatic heterocycles. The fourth-order valence-corrected chi connectivity index (χ4v) is 1.60. The molecular weight excluding hydrogens is 242 g/mol. The lowest BCUT2D eigenvalue weighted by Gasteiger charge is -2.04. The molecule has 3 heteroatoms. The summed E-state index contributed by atoms with van der Waals surface area (Å²) in [5.74, 6) is 0.0801. The first-order valence-corrected chi connectivity index (χ1v) is 5.17. The number of carbonyl (C=O) groups excluding carboxylic acids is 1. The number of rotatable bonds is 3. The number of hydrogen-bond donors (Lipinski definition) is 0. The van der Waals surface area contributed by atoms with Crippen LogP contribution in [-0.4, -0.2) is 5.78 Å². The average molecular weight is 252 g/mol. The van der Waals surface area contributed by atoms with E-state index in [-0.39, 0.29) is 12.2 Å². The zero-order valence-electron chi connectivity index (χ0n) is 7.88. The standard InChI is InChI=1S/C11H10BrNO/c1-2-11(14)10-7-9(12)4-3-8(10)5-6-13/h3-4,7H,2,5H2,1H3. The van der Waals surface area contributed by atoms with Crippen LogP contribution in [-0.2, 0) is 6.42 Å². The zero-order valence-corrected chi connectivity index (χ0v) is 9.47. The largest absolute Gasteiger partial charge is 0.294 e. The molecule has 14 heavy (non-hydrogen) atoms. The minimum Gasteiger partial charge on any atom is -0.294 e. The highest BCUT2D eigenvalue weighted by molar-refractivity contribution is 9.10. The number of benzene rings is 1. The molecule has 0 amide bonds. The lowest BCUT2D eigenvalue weighted by atomic mass is 10.0. The van der Waals surface area contributed by atoms with Crippen LogP contribution in [0.25, 0.3) is 0 Å². The summed E-state index contributed by atoms with van der Waals surface area (Å²) in [6.45, 7) is 1.82. The highest BCUT2D eigenvalue weighted by Gasteiger charge is 2.09. The second kappa shape index (κ2) is 4.92. The van der Waals surface area contributed by atoms with Gasteiger partial charge in [-0.05, 0) is 17.7 Å². The molecule has 1 rings (SSSR count). The summed E-state index contributed by atoms with van der Waals surface area (Å²) in [4.78, 5) is 11.5. The van der Waals surface area contributed by atoms with Gasteiger partial charge in [-0.3, -0.25) is 4.79 Å². The van der Waals surface area contributed by atoms with Gasteiger partial charge in [0, 0.05) is 16.5 Å². The summed E-state index contributed by atoms with van der Waals surface area (Å²) >= 11 is 3.31. The number of carbonyl (C=O) groups is 1. The molecule has 0 saturated carbocycles. The maximum absolute atomic E-state index is 11.5. The predicted molar refractivity (Wildman–Crippen MR) is 58.1 cm³/mol. The van der Waals surface area contributed by atoms with Crippen LogP contribution in [0.5, 0.6) is 0 Å². The third kappa shape index (κ3) is 2.43. The van der Waals surface area contributed by atoms with Crippen molar-refractivity contribution in [3.8, 4) is 6.07 Å². The van der Waals surface area contributed by atoms with Crippen molar-refractivity contribution in [1.82, 2.24) is 0 Å². The van der Waals surface area contributed by atoms with E-state index in [0.717, 1.165) is 10.0 Å². The third-order valence-corrected chi connectivity index (χ3v) is 2.46. The first-order valence-electron chi connectivity index (χ1n) is 4.37. The number of hydrogen-bond acceptors (Lipinski definition) is 2. The Morgan fingerprint density at radius 3 is 2.86 bits per heavy atom. The number of halogens is 1. The van der Waals surface area contributed by atoms with Gasteiger partial charge < -0.3 is 0 Å². The Balaban J connectivity index is 3.16. The Morgan fingerprint density at radius 2 is 2.29 bits per heavy atom. The van der Waals surface area contributed by atoms with E-state index >= 15 is 0 Å². The average Bonchev–Trinajstić information content (AvgIpc) is 2.20. The highest BCUT2D eigenvalue weighted by atomic mass is 79.9. The minimum absolute atomic E-state index is 0.0801. The van der Waals surface area contributed by atoms with Crippen molar-refractivity contribution in [1.29, 1.82) is 5.26 Å². The summed E-state index contributed by atoms with van der Waals surface area (Å²) in [6, 6.07) is 7.49. The van der Waals surface area contributed by atoms with Crippen LogP contribution >= 0.6 is 15.9 Å². The van der Waals surface area contributed by atoms with E-state index in [9.17, 15) is 4.79 Å². The summed E-state index contributed by atoms with van der Waals surface area (Å²) in [7, 11) is 0. The van der Waals surface area contributed by atoms with Gasteiger partial charge in [-0.2, -0.15) is 5.26 Å². The summed E-state index contributed by atoms with van der Waals surface area (Å²) in [5.41, 5.74) is 1.46. The van der Waals surface area contributed by atoms with Gasteiger partial charge in [0.15, 0.2) is 5.78 Å². The van der Waals surface area contributed by atoms with E-state index in [1.54, 1.807) is 6.07 Å². The molecule has 0 aliphatic heterocycles. The quantitative estimate of drug-likeness (QED) is 0.775. The van der Waals surface area contributed by atoms with Crippen molar-refractivity contribution >= 4 is 21.7 Å². The van der Waals surface area contributed by atoms with E-state index in [0.29, 0.717) is 12.0 Å². The van der Waals surface area contributed by atoms with Crippen LogP contribution < -0.4 is 0 Å². The van der Waals surface area contributed by atoms with Crippen LogP contribution in [0.3, 0.4) is 0 Å². The van der Waals surface area contributed by atoms with Gasteiger partial charge in [0.1, 0.15) is 0 Å². The monoisotopic (exact) mass is 251 g/mol. The molecule has 72 valence electrons. The molecular formula is C11H10BrNO. The van der Waals surface area contributed by atoms with Gasteiger partial charge in [0.05, 0.1) is 12.5 Å². The summed E-state index contributed by atoms with van der Waals surface area (Å²) in [5, 5.41) is 8.59. The Hall–Kier alpha value is -1.14. The van der Waals surface area contributed by atoms with E-state index in [1.165, 1.54) is 0 Å². The van der Waals surface area contributed by atoms with Gasteiger partial charge >= 0.3 is 0 Å². The van der Waals surface area contributed by atoms with Crippen LogP contribution in [0.1, 0.15) is 29.3 Å². The van der Waals surface area contributed by atoms with Gasteiger partial charge in [0.25, 0.3) is 0 Å². The molecule has 0 fully saturated rings. The highest BCUT2D eigenvalue weighted by Crippen LogP contribution is 2.18. The number of nitrogens with zero attached hydrogens (tertiary/aromatic N) is 1. The smallest absolute Gasteiger partial charge is 0.162 e.